The first-order chi connectivity index (χ1) is 9.13. The molecular formula is C14H18N2O3. The predicted molar refractivity (Wildman–Crippen MR) is 69.7 cm³/mol. The summed E-state index contributed by atoms with van der Waals surface area (Å²) >= 11 is 0. The molecule has 0 aromatic carbocycles. The van der Waals surface area contributed by atoms with Crippen molar-refractivity contribution in [3.63, 3.8) is 0 Å². The molecular weight excluding hydrogens is 244 g/mol. The third-order valence-corrected chi connectivity index (χ3v) is 3.81. The Balaban J connectivity index is 1.70. The van der Waals surface area contributed by atoms with Crippen molar-refractivity contribution < 1.29 is 14.6 Å². The summed E-state index contributed by atoms with van der Waals surface area (Å²) in [5.74, 6) is -0.126. The SMILES string of the molecule is CC1CCC(C(=O)Nc2cnc3c(c2)C(O)CC3)O1. The number of pyridine rings is 1. The number of ether oxygens (including phenoxy) is 1. The van der Waals surface area contributed by atoms with Gasteiger partial charge in [-0.25, -0.2) is 0 Å². The van der Waals surface area contributed by atoms with Gasteiger partial charge in [-0.05, 0) is 38.7 Å². The second-order valence-electron chi connectivity index (χ2n) is 5.32. The fraction of sp³-hybridized carbons (Fsp3) is 0.571. The van der Waals surface area contributed by atoms with E-state index in [1.165, 1.54) is 0 Å². The van der Waals surface area contributed by atoms with Crippen LogP contribution in [-0.4, -0.2) is 28.2 Å². The Morgan fingerprint density at radius 1 is 1.47 bits per heavy atom. The molecule has 3 atom stereocenters. The number of carbonyl (C=O) groups excluding carboxylic acids is 1. The lowest BCUT2D eigenvalue weighted by molar-refractivity contribution is -0.126. The lowest BCUT2D eigenvalue weighted by atomic mass is 10.1. The van der Waals surface area contributed by atoms with E-state index < -0.39 is 6.10 Å². The first-order valence-corrected chi connectivity index (χ1v) is 6.76. The summed E-state index contributed by atoms with van der Waals surface area (Å²) in [4.78, 5) is 16.3. The molecule has 0 radical (unpaired) electrons. The summed E-state index contributed by atoms with van der Waals surface area (Å²) in [6.45, 7) is 1.97. The molecule has 1 amide bonds. The second-order valence-corrected chi connectivity index (χ2v) is 5.32. The van der Waals surface area contributed by atoms with E-state index in [9.17, 15) is 9.90 Å². The van der Waals surface area contributed by atoms with Crippen molar-refractivity contribution in [1.29, 1.82) is 0 Å². The van der Waals surface area contributed by atoms with Crippen molar-refractivity contribution in [1.82, 2.24) is 4.98 Å². The van der Waals surface area contributed by atoms with Crippen molar-refractivity contribution >= 4 is 11.6 Å². The number of fused-ring (bicyclic) bond motifs is 1. The monoisotopic (exact) mass is 262 g/mol. The maximum absolute atomic E-state index is 12.0. The molecule has 3 unspecified atom stereocenters. The van der Waals surface area contributed by atoms with Crippen LogP contribution in [0, 0.1) is 0 Å². The van der Waals surface area contributed by atoms with Gasteiger partial charge >= 0.3 is 0 Å². The third-order valence-electron chi connectivity index (χ3n) is 3.81. The van der Waals surface area contributed by atoms with Gasteiger partial charge in [-0.1, -0.05) is 0 Å². The van der Waals surface area contributed by atoms with Crippen LogP contribution in [0.25, 0.3) is 0 Å². The number of anilines is 1. The number of aliphatic hydroxyl groups excluding tert-OH is 1. The zero-order valence-corrected chi connectivity index (χ0v) is 10.9. The Hall–Kier alpha value is -1.46. The second kappa shape index (κ2) is 4.90. The molecule has 0 spiro atoms. The van der Waals surface area contributed by atoms with E-state index in [0.717, 1.165) is 30.5 Å². The zero-order chi connectivity index (χ0) is 13.4. The van der Waals surface area contributed by atoms with Crippen LogP contribution in [0.1, 0.15) is 43.5 Å². The normalized spacial score (nSPS) is 29.3. The van der Waals surface area contributed by atoms with Crippen LogP contribution in [-0.2, 0) is 16.0 Å². The number of aryl methyl sites for hydroxylation is 1. The van der Waals surface area contributed by atoms with Gasteiger partial charge in [0, 0.05) is 11.3 Å². The lowest BCUT2D eigenvalue weighted by Gasteiger charge is -2.12. The maximum Gasteiger partial charge on any atom is 0.253 e. The number of amides is 1. The number of nitrogens with zero attached hydrogens (tertiary/aromatic N) is 1. The molecule has 2 aliphatic rings. The minimum absolute atomic E-state index is 0.126. The van der Waals surface area contributed by atoms with Gasteiger partial charge in [0.05, 0.1) is 24.1 Å². The smallest absolute Gasteiger partial charge is 0.253 e. The molecule has 1 aliphatic carbocycles. The summed E-state index contributed by atoms with van der Waals surface area (Å²) in [5, 5.41) is 12.6. The fourth-order valence-electron chi connectivity index (χ4n) is 2.72. The third kappa shape index (κ3) is 2.48. The van der Waals surface area contributed by atoms with Crippen LogP contribution < -0.4 is 5.32 Å². The standard InChI is InChI=1S/C14H18N2O3/c1-8-2-5-13(19-8)14(18)16-9-6-10-11(15-7-9)3-4-12(10)17/h6-8,12-13,17H,2-5H2,1H3,(H,16,18). The molecule has 5 nitrogen and oxygen atoms in total. The Labute approximate surface area is 112 Å². The van der Waals surface area contributed by atoms with E-state index in [1.807, 2.05) is 13.0 Å². The van der Waals surface area contributed by atoms with E-state index in [0.29, 0.717) is 12.1 Å². The van der Waals surface area contributed by atoms with Crippen molar-refractivity contribution in [3.05, 3.63) is 23.5 Å². The number of aromatic nitrogens is 1. The van der Waals surface area contributed by atoms with Crippen LogP contribution in [0.4, 0.5) is 5.69 Å². The maximum atomic E-state index is 12.0. The molecule has 3 rings (SSSR count). The summed E-state index contributed by atoms with van der Waals surface area (Å²) in [7, 11) is 0. The topological polar surface area (TPSA) is 71.5 Å². The molecule has 5 heteroatoms. The van der Waals surface area contributed by atoms with Crippen LogP contribution in [0.5, 0.6) is 0 Å². The molecule has 2 heterocycles. The van der Waals surface area contributed by atoms with E-state index in [-0.39, 0.29) is 18.1 Å². The molecule has 1 aliphatic heterocycles. The van der Waals surface area contributed by atoms with E-state index >= 15 is 0 Å². The van der Waals surface area contributed by atoms with Crippen LogP contribution in [0.2, 0.25) is 0 Å². The first-order valence-electron chi connectivity index (χ1n) is 6.76. The molecule has 2 N–H and O–H groups in total. The molecule has 1 aromatic heterocycles. The highest BCUT2D eigenvalue weighted by Gasteiger charge is 2.28. The van der Waals surface area contributed by atoms with Crippen LogP contribution in [0.15, 0.2) is 12.3 Å². The van der Waals surface area contributed by atoms with Crippen molar-refractivity contribution in [2.24, 2.45) is 0 Å². The van der Waals surface area contributed by atoms with Gasteiger partial charge in [0.1, 0.15) is 6.10 Å². The van der Waals surface area contributed by atoms with Gasteiger partial charge < -0.3 is 15.2 Å². The fourth-order valence-corrected chi connectivity index (χ4v) is 2.72. The number of hydrogen-bond acceptors (Lipinski definition) is 4. The van der Waals surface area contributed by atoms with Crippen LogP contribution >= 0.6 is 0 Å². The number of hydrogen-bond donors (Lipinski definition) is 2. The number of nitrogens with one attached hydrogen (secondary N) is 1. The summed E-state index contributed by atoms with van der Waals surface area (Å²) in [5.41, 5.74) is 2.39. The van der Waals surface area contributed by atoms with Gasteiger partial charge in [0.15, 0.2) is 0 Å². The molecule has 1 saturated heterocycles. The molecule has 1 fully saturated rings. The van der Waals surface area contributed by atoms with E-state index in [4.69, 9.17) is 4.74 Å². The van der Waals surface area contributed by atoms with Crippen LogP contribution in [0.3, 0.4) is 0 Å². The zero-order valence-electron chi connectivity index (χ0n) is 10.9. The number of aliphatic hydroxyl groups is 1. The van der Waals surface area contributed by atoms with Crippen molar-refractivity contribution in [2.75, 3.05) is 5.32 Å². The van der Waals surface area contributed by atoms with Gasteiger partial charge in [-0.15, -0.1) is 0 Å². The summed E-state index contributed by atoms with van der Waals surface area (Å²) < 4.78 is 5.53. The van der Waals surface area contributed by atoms with Gasteiger partial charge in [-0.2, -0.15) is 0 Å². The predicted octanol–water partition coefficient (Wildman–Crippen LogP) is 1.57. The Morgan fingerprint density at radius 3 is 3.05 bits per heavy atom. The largest absolute Gasteiger partial charge is 0.388 e. The average Bonchev–Trinajstić information content (AvgIpc) is 2.97. The number of carbonyl (C=O) groups is 1. The summed E-state index contributed by atoms with van der Waals surface area (Å²) in [6.07, 6.45) is 4.16. The van der Waals surface area contributed by atoms with Crippen molar-refractivity contribution in [3.8, 4) is 0 Å². The van der Waals surface area contributed by atoms with E-state index in [1.54, 1.807) is 6.20 Å². The Morgan fingerprint density at radius 2 is 2.32 bits per heavy atom. The quantitative estimate of drug-likeness (QED) is 0.848. The first kappa shape index (κ1) is 12.6. The molecule has 1 aromatic rings. The number of rotatable bonds is 2. The van der Waals surface area contributed by atoms with Gasteiger partial charge in [0.2, 0.25) is 0 Å². The Kier molecular flexibility index (Phi) is 3.24. The highest BCUT2D eigenvalue weighted by Crippen LogP contribution is 2.31. The van der Waals surface area contributed by atoms with E-state index in [2.05, 4.69) is 10.3 Å². The summed E-state index contributed by atoms with van der Waals surface area (Å²) in [6, 6.07) is 1.82. The molecule has 0 saturated carbocycles. The Bertz CT molecular complexity index is 503. The highest BCUT2D eigenvalue weighted by molar-refractivity contribution is 5.94. The molecule has 19 heavy (non-hydrogen) atoms. The average molecular weight is 262 g/mol. The minimum atomic E-state index is -0.456. The highest BCUT2D eigenvalue weighted by atomic mass is 16.5. The molecule has 102 valence electrons. The van der Waals surface area contributed by atoms with Gasteiger partial charge in [0.25, 0.3) is 5.91 Å². The van der Waals surface area contributed by atoms with Crippen molar-refractivity contribution in [2.45, 2.75) is 50.9 Å². The minimum Gasteiger partial charge on any atom is -0.388 e. The lowest BCUT2D eigenvalue weighted by Crippen LogP contribution is -2.27. The molecule has 0 bridgehead atoms. The van der Waals surface area contributed by atoms with Gasteiger partial charge in [-0.3, -0.25) is 9.78 Å².